The summed E-state index contributed by atoms with van der Waals surface area (Å²) in [7, 11) is -2.68. The Morgan fingerprint density at radius 3 is 2.56 bits per heavy atom. The van der Waals surface area contributed by atoms with Crippen molar-refractivity contribution in [1.82, 2.24) is 0 Å². The quantitative estimate of drug-likeness (QED) is 0.795. The van der Waals surface area contributed by atoms with E-state index in [4.69, 9.17) is 0 Å². The van der Waals surface area contributed by atoms with Gasteiger partial charge in [0.05, 0.1) is 23.3 Å². The molecule has 0 saturated carbocycles. The largest absolute Gasteiger partial charge is 0.465 e. The van der Waals surface area contributed by atoms with Gasteiger partial charge in [-0.3, -0.25) is 9.52 Å². The van der Waals surface area contributed by atoms with Crippen LogP contribution in [0, 0.1) is 6.92 Å². The van der Waals surface area contributed by atoms with Crippen LogP contribution in [0.25, 0.3) is 0 Å². The maximum Gasteiger partial charge on any atom is 0.339 e. The van der Waals surface area contributed by atoms with Gasteiger partial charge in [-0.05, 0) is 49.2 Å². The van der Waals surface area contributed by atoms with Crippen molar-refractivity contribution < 1.29 is 22.7 Å². The molecule has 142 valence electrons. The van der Waals surface area contributed by atoms with Crippen LogP contribution in [0.4, 0.5) is 11.4 Å². The molecule has 27 heavy (non-hydrogen) atoms. The fourth-order valence-corrected chi connectivity index (χ4v) is 4.23. The highest BCUT2D eigenvalue weighted by molar-refractivity contribution is 7.92. The van der Waals surface area contributed by atoms with Crippen LogP contribution in [0.2, 0.25) is 0 Å². The van der Waals surface area contributed by atoms with E-state index in [1.54, 1.807) is 30.0 Å². The van der Waals surface area contributed by atoms with E-state index in [-0.39, 0.29) is 22.1 Å². The second-order valence-corrected chi connectivity index (χ2v) is 7.92. The molecular formula is C19H20N2O5S. The molecule has 0 aliphatic carbocycles. The van der Waals surface area contributed by atoms with E-state index >= 15 is 0 Å². The number of esters is 1. The van der Waals surface area contributed by atoms with Gasteiger partial charge in [0, 0.05) is 18.7 Å². The van der Waals surface area contributed by atoms with E-state index in [1.165, 1.54) is 31.4 Å². The summed E-state index contributed by atoms with van der Waals surface area (Å²) in [5, 5.41) is 0. The van der Waals surface area contributed by atoms with Gasteiger partial charge in [0.15, 0.2) is 0 Å². The highest BCUT2D eigenvalue weighted by Crippen LogP contribution is 2.28. The molecule has 2 aromatic carbocycles. The average molecular weight is 388 g/mol. The first-order chi connectivity index (χ1) is 12.8. The van der Waals surface area contributed by atoms with Gasteiger partial charge in [0.25, 0.3) is 10.0 Å². The van der Waals surface area contributed by atoms with Gasteiger partial charge in [-0.25, -0.2) is 13.2 Å². The van der Waals surface area contributed by atoms with Crippen molar-refractivity contribution in [3.8, 4) is 0 Å². The predicted octanol–water partition coefficient (Wildman–Crippen LogP) is 2.71. The molecule has 2 aromatic rings. The minimum atomic E-state index is -3.92. The lowest BCUT2D eigenvalue weighted by atomic mass is 10.2. The van der Waals surface area contributed by atoms with E-state index < -0.39 is 16.0 Å². The number of rotatable bonds is 5. The Morgan fingerprint density at radius 1 is 1.19 bits per heavy atom. The summed E-state index contributed by atoms with van der Waals surface area (Å²) in [5.74, 6) is -0.591. The second kappa shape index (κ2) is 7.40. The minimum Gasteiger partial charge on any atom is -0.465 e. The SMILES string of the molecule is COC(=O)c1ccccc1NS(=O)(=O)c1ccc(N2CCCC2=O)c(C)c1. The molecule has 7 nitrogen and oxygen atoms in total. The molecule has 0 bridgehead atoms. The van der Waals surface area contributed by atoms with E-state index in [1.807, 2.05) is 0 Å². The first-order valence-electron chi connectivity index (χ1n) is 8.44. The average Bonchev–Trinajstić information content (AvgIpc) is 3.07. The van der Waals surface area contributed by atoms with Crippen molar-refractivity contribution >= 4 is 33.3 Å². The van der Waals surface area contributed by atoms with Crippen molar-refractivity contribution in [2.24, 2.45) is 0 Å². The first kappa shape index (κ1) is 18.9. The number of para-hydroxylation sites is 1. The summed E-state index contributed by atoms with van der Waals surface area (Å²) in [4.78, 5) is 25.5. The lowest BCUT2D eigenvalue weighted by Crippen LogP contribution is -2.24. The van der Waals surface area contributed by atoms with Gasteiger partial charge < -0.3 is 9.64 Å². The number of sulfonamides is 1. The summed E-state index contributed by atoms with van der Waals surface area (Å²) >= 11 is 0. The van der Waals surface area contributed by atoms with Crippen molar-refractivity contribution in [2.75, 3.05) is 23.3 Å². The number of amides is 1. The van der Waals surface area contributed by atoms with Crippen molar-refractivity contribution in [3.63, 3.8) is 0 Å². The summed E-state index contributed by atoms with van der Waals surface area (Å²) in [6.07, 6.45) is 1.30. The molecule has 8 heteroatoms. The topological polar surface area (TPSA) is 92.8 Å². The minimum absolute atomic E-state index is 0.0406. The number of nitrogens with one attached hydrogen (secondary N) is 1. The van der Waals surface area contributed by atoms with Crippen LogP contribution in [0.5, 0.6) is 0 Å². The fourth-order valence-electron chi connectivity index (χ4n) is 3.06. The van der Waals surface area contributed by atoms with Crippen LogP contribution in [0.15, 0.2) is 47.4 Å². The van der Waals surface area contributed by atoms with E-state index in [2.05, 4.69) is 9.46 Å². The summed E-state index contributed by atoms with van der Waals surface area (Å²) in [6.45, 7) is 2.40. The van der Waals surface area contributed by atoms with Crippen LogP contribution in [-0.4, -0.2) is 33.9 Å². The Bertz CT molecular complexity index is 1000. The van der Waals surface area contributed by atoms with E-state index in [0.29, 0.717) is 24.2 Å². The Balaban J connectivity index is 1.91. The molecule has 3 rings (SSSR count). The highest BCUT2D eigenvalue weighted by atomic mass is 32.2. The zero-order valence-electron chi connectivity index (χ0n) is 15.1. The van der Waals surface area contributed by atoms with E-state index in [0.717, 1.165) is 6.42 Å². The maximum absolute atomic E-state index is 12.8. The summed E-state index contributed by atoms with van der Waals surface area (Å²) < 4.78 is 32.7. The number of ether oxygens (including phenoxy) is 1. The van der Waals surface area contributed by atoms with Gasteiger partial charge in [-0.2, -0.15) is 0 Å². The van der Waals surface area contributed by atoms with Gasteiger partial charge in [0.2, 0.25) is 5.91 Å². The molecule has 0 unspecified atom stereocenters. The van der Waals surface area contributed by atoms with Gasteiger partial charge in [0.1, 0.15) is 0 Å². The number of methoxy groups -OCH3 is 1. The van der Waals surface area contributed by atoms with Gasteiger partial charge in [-0.15, -0.1) is 0 Å². The Hall–Kier alpha value is -2.87. The number of aryl methyl sites for hydroxylation is 1. The number of anilines is 2. The maximum atomic E-state index is 12.8. The molecule has 1 aliphatic heterocycles. The van der Waals surface area contributed by atoms with Crippen molar-refractivity contribution in [2.45, 2.75) is 24.7 Å². The molecule has 0 aromatic heterocycles. The zero-order valence-corrected chi connectivity index (χ0v) is 15.9. The molecule has 0 atom stereocenters. The number of benzene rings is 2. The lowest BCUT2D eigenvalue weighted by molar-refractivity contribution is -0.117. The van der Waals surface area contributed by atoms with Crippen LogP contribution in [-0.2, 0) is 19.6 Å². The molecular weight excluding hydrogens is 368 g/mol. The third-order valence-electron chi connectivity index (χ3n) is 4.42. The molecule has 1 amide bonds. The van der Waals surface area contributed by atoms with Crippen molar-refractivity contribution in [1.29, 1.82) is 0 Å². The Labute approximate surface area is 158 Å². The standard InChI is InChI=1S/C19H20N2O5S/c1-13-12-14(9-10-17(13)21-11-5-8-18(21)22)27(24,25)20-16-7-4-3-6-15(16)19(23)26-2/h3-4,6-7,9-10,12,20H,5,8,11H2,1-2H3. The normalized spacial score (nSPS) is 14.3. The molecule has 1 fully saturated rings. The van der Waals surface area contributed by atoms with Gasteiger partial charge in [-0.1, -0.05) is 12.1 Å². The fraction of sp³-hybridized carbons (Fsp3) is 0.263. The highest BCUT2D eigenvalue weighted by Gasteiger charge is 2.25. The Kier molecular flexibility index (Phi) is 5.18. The van der Waals surface area contributed by atoms with Crippen LogP contribution in [0.3, 0.4) is 0 Å². The Morgan fingerprint density at radius 2 is 1.93 bits per heavy atom. The number of carbonyl (C=O) groups excluding carboxylic acids is 2. The van der Waals surface area contributed by atoms with Crippen LogP contribution in [0.1, 0.15) is 28.8 Å². The predicted molar refractivity (Wildman–Crippen MR) is 101 cm³/mol. The molecule has 1 N–H and O–H groups in total. The monoisotopic (exact) mass is 388 g/mol. The van der Waals surface area contributed by atoms with Gasteiger partial charge >= 0.3 is 5.97 Å². The zero-order chi connectivity index (χ0) is 19.6. The smallest absolute Gasteiger partial charge is 0.339 e. The third-order valence-corrected chi connectivity index (χ3v) is 5.78. The molecule has 1 heterocycles. The number of hydrogen-bond donors (Lipinski definition) is 1. The molecule has 1 saturated heterocycles. The number of nitrogens with zero attached hydrogens (tertiary/aromatic N) is 1. The van der Waals surface area contributed by atoms with Crippen molar-refractivity contribution in [3.05, 3.63) is 53.6 Å². The second-order valence-electron chi connectivity index (χ2n) is 6.24. The summed E-state index contributed by atoms with van der Waals surface area (Å²) in [5.41, 5.74) is 1.67. The number of carbonyl (C=O) groups is 2. The molecule has 0 spiro atoms. The first-order valence-corrected chi connectivity index (χ1v) is 9.93. The molecule has 0 radical (unpaired) electrons. The van der Waals surface area contributed by atoms with E-state index in [9.17, 15) is 18.0 Å². The lowest BCUT2D eigenvalue weighted by Gasteiger charge is -2.19. The van der Waals surface area contributed by atoms with Crippen LogP contribution >= 0.6 is 0 Å². The van der Waals surface area contributed by atoms with Crippen LogP contribution < -0.4 is 9.62 Å². The number of hydrogen-bond acceptors (Lipinski definition) is 5. The summed E-state index contributed by atoms with van der Waals surface area (Å²) in [6, 6.07) is 10.8. The molecule has 1 aliphatic rings. The third kappa shape index (κ3) is 3.80.